The Morgan fingerprint density at radius 3 is 2.69 bits per heavy atom. The van der Waals surface area contributed by atoms with Gasteiger partial charge in [-0.3, -0.25) is 4.79 Å². The van der Waals surface area contributed by atoms with Crippen molar-refractivity contribution in [3.63, 3.8) is 0 Å². The van der Waals surface area contributed by atoms with Gasteiger partial charge in [0, 0.05) is 11.2 Å². The summed E-state index contributed by atoms with van der Waals surface area (Å²) in [6, 6.07) is 5.68. The third-order valence-electron chi connectivity index (χ3n) is 2.48. The Labute approximate surface area is 98.7 Å². The number of aromatic nitrogens is 2. The maximum atomic E-state index is 10.7. The van der Waals surface area contributed by atoms with Crippen LogP contribution < -0.4 is 0 Å². The second-order valence-corrected chi connectivity index (χ2v) is 4.07. The summed E-state index contributed by atoms with van der Waals surface area (Å²) in [5, 5.41) is 4.94. The number of halogens is 1. The highest BCUT2D eigenvalue weighted by Gasteiger charge is 2.06. The predicted molar refractivity (Wildman–Crippen MR) is 63.4 cm³/mol. The standard InChI is InChI=1S/C12H11ClN2O/c1-8-3-4-11(5-12(8)13)15-6-10(7-16)9(2)14-15/h3-7H,1-2H3. The highest BCUT2D eigenvalue weighted by Crippen LogP contribution is 2.19. The van der Waals surface area contributed by atoms with Gasteiger partial charge in [0.15, 0.2) is 6.29 Å². The van der Waals surface area contributed by atoms with Crippen molar-refractivity contribution in [2.75, 3.05) is 0 Å². The van der Waals surface area contributed by atoms with Crippen LogP contribution in [0.1, 0.15) is 21.6 Å². The molecule has 4 heteroatoms. The molecule has 82 valence electrons. The lowest BCUT2D eigenvalue weighted by molar-refractivity contribution is 0.112. The second-order valence-electron chi connectivity index (χ2n) is 3.67. The van der Waals surface area contributed by atoms with E-state index in [1.807, 2.05) is 25.1 Å². The molecule has 0 spiro atoms. The smallest absolute Gasteiger partial charge is 0.153 e. The number of nitrogens with zero attached hydrogens (tertiary/aromatic N) is 2. The molecule has 0 bridgehead atoms. The van der Waals surface area contributed by atoms with Crippen LogP contribution in [-0.4, -0.2) is 16.1 Å². The van der Waals surface area contributed by atoms with Gasteiger partial charge in [0.25, 0.3) is 0 Å². The molecular formula is C12H11ClN2O. The molecule has 0 fully saturated rings. The summed E-state index contributed by atoms with van der Waals surface area (Å²) in [6.45, 7) is 3.74. The van der Waals surface area contributed by atoms with Gasteiger partial charge in [-0.25, -0.2) is 4.68 Å². The molecule has 0 atom stereocenters. The molecule has 0 aliphatic carbocycles. The Morgan fingerprint density at radius 2 is 2.12 bits per heavy atom. The van der Waals surface area contributed by atoms with Crippen molar-refractivity contribution in [1.82, 2.24) is 9.78 Å². The molecular weight excluding hydrogens is 224 g/mol. The van der Waals surface area contributed by atoms with Crippen LogP contribution in [0.2, 0.25) is 5.02 Å². The summed E-state index contributed by atoms with van der Waals surface area (Å²) < 4.78 is 1.66. The fourth-order valence-corrected chi connectivity index (χ4v) is 1.62. The zero-order chi connectivity index (χ0) is 11.7. The minimum atomic E-state index is 0.594. The number of rotatable bonds is 2. The van der Waals surface area contributed by atoms with E-state index in [-0.39, 0.29) is 0 Å². The summed E-state index contributed by atoms with van der Waals surface area (Å²) >= 11 is 6.03. The van der Waals surface area contributed by atoms with Crippen molar-refractivity contribution in [1.29, 1.82) is 0 Å². The van der Waals surface area contributed by atoms with Crippen molar-refractivity contribution in [3.8, 4) is 5.69 Å². The summed E-state index contributed by atoms with van der Waals surface area (Å²) in [4.78, 5) is 10.7. The molecule has 0 saturated carbocycles. The van der Waals surface area contributed by atoms with Crippen molar-refractivity contribution < 1.29 is 4.79 Å². The van der Waals surface area contributed by atoms with Gasteiger partial charge in [0.2, 0.25) is 0 Å². The van der Waals surface area contributed by atoms with Gasteiger partial charge in [-0.15, -0.1) is 0 Å². The summed E-state index contributed by atoms with van der Waals surface area (Å²) in [5.74, 6) is 0. The predicted octanol–water partition coefficient (Wildman–Crippen LogP) is 2.96. The zero-order valence-electron chi connectivity index (χ0n) is 9.07. The lowest BCUT2D eigenvalue weighted by Gasteiger charge is -2.03. The minimum absolute atomic E-state index is 0.594. The Balaban J connectivity index is 2.50. The monoisotopic (exact) mass is 234 g/mol. The van der Waals surface area contributed by atoms with E-state index in [1.165, 1.54) is 0 Å². The van der Waals surface area contributed by atoms with Gasteiger partial charge in [0.1, 0.15) is 0 Å². The first-order valence-corrected chi connectivity index (χ1v) is 5.27. The number of aldehydes is 1. The van der Waals surface area contributed by atoms with Gasteiger partial charge < -0.3 is 0 Å². The maximum Gasteiger partial charge on any atom is 0.153 e. The van der Waals surface area contributed by atoms with Crippen molar-refractivity contribution >= 4 is 17.9 Å². The third kappa shape index (κ3) is 1.86. The largest absolute Gasteiger partial charge is 0.298 e. The molecule has 0 aliphatic heterocycles. The molecule has 1 aromatic carbocycles. The van der Waals surface area contributed by atoms with Crippen LogP contribution in [0.3, 0.4) is 0 Å². The Morgan fingerprint density at radius 1 is 1.38 bits per heavy atom. The number of aryl methyl sites for hydroxylation is 2. The normalized spacial score (nSPS) is 10.4. The summed E-state index contributed by atoms with van der Waals surface area (Å²) in [6.07, 6.45) is 2.50. The quantitative estimate of drug-likeness (QED) is 0.749. The summed E-state index contributed by atoms with van der Waals surface area (Å²) in [5.41, 5.74) is 3.18. The molecule has 3 nitrogen and oxygen atoms in total. The zero-order valence-corrected chi connectivity index (χ0v) is 9.82. The van der Waals surface area contributed by atoms with Crippen LogP contribution in [0.25, 0.3) is 5.69 Å². The number of benzene rings is 1. The van der Waals surface area contributed by atoms with E-state index in [0.717, 1.165) is 17.5 Å². The maximum absolute atomic E-state index is 10.7. The van der Waals surface area contributed by atoms with Crippen LogP contribution in [0.5, 0.6) is 0 Å². The Bertz CT molecular complexity index is 546. The average molecular weight is 235 g/mol. The molecule has 0 saturated heterocycles. The van der Waals surface area contributed by atoms with Gasteiger partial charge in [-0.2, -0.15) is 5.10 Å². The van der Waals surface area contributed by atoms with E-state index in [4.69, 9.17) is 11.6 Å². The van der Waals surface area contributed by atoms with Crippen LogP contribution >= 0.6 is 11.6 Å². The molecule has 16 heavy (non-hydrogen) atoms. The average Bonchev–Trinajstić information content (AvgIpc) is 2.64. The molecule has 0 amide bonds. The van der Waals surface area contributed by atoms with Gasteiger partial charge in [-0.1, -0.05) is 17.7 Å². The van der Waals surface area contributed by atoms with Crippen LogP contribution in [-0.2, 0) is 0 Å². The van der Waals surface area contributed by atoms with Gasteiger partial charge >= 0.3 is 0 Å². The number of carbonyl (C=O) groups excluding carboxylic acids is 1. The minimum Gasteiger partial charge on any atom is -0.298 e. The van der Waals surface area contributed by atoms with Gasteiger partial charge in [-0.05, 0) is 31.5 Å². The fourth-order valence-electron chi connectivity index (χ4n) is 1.45. The lowest BCUT2D eigenvalue weighted by Crippen LogP contribution is -1.95. The van der Waals surface area contributed by atoms with E-state index in [1.54, 1.807) is 17.8 Å². The highest BCUT2D eigenvalue weighted by atomic mass is 35.5. The van der Waals surface area contributed by atoms with Crippen LogP contribution in [0.4, 0.5) is 0 Å². The molecule has 0 aliphatic rings. The van der Waals surface area contributed by atoms with E-state index in [2.05, 4.69) is 5.10 Å². The van der Waals surface area contributed by atoms with Crippen molar-refractivity contribution in [2.24, 2.45) is 0 Å². The topological polar surface area (TPSA) is 34.9 Å². The fraction of sp³-hybridized carbons (Fsp3) is 0.167. The number of hydrogen-bond donors (Lipinski definition) is 0. The van der Waals surface area contributed by atoms with E-state index >= 15 is 0 Å². The second kappa shape index (κ2) is 4.10. The molecule has 0 N–H and O–H groups in total. The third-order valence-corrected chi connectivity index (χ3v) is 2.89. The number of carbonyl (C=O) groups is 1. The lowest BCUT2D eigenvalue weighted by atomic mass is 10.2. The highest BCUT2D eigenvalue weighted by molar-refractivity contribution is 6.31. The molecule has 2 rings (SSSR count). The van der Waals surface area contributed by atoms with Crippen LogP contribution in [0.15, 0.2) is 24.4 Å². The number of hydrogen-bond acceptors (Lipinski definition) is 2. The van der Waals surface area contributed by atoms with E-state index < -0.39 is 0 Å². The van der Waals surface area contributed by atoms with Crippen molar-refractivity contribution in [2.45, 2.75) is 13.8 Å². The van der Waals surface area contributed by atoms with E-state index in [9.17, 15) is 4.79 Å². The first-order chi connectivity index (χ1) is 7.61. The van der Waals surface area contributed by atoms with E-state index in [0.29, 0.717) is 16.3 Å². The molecule has 1 heterocycles. The first-order valence-electron chi connectivity index (χ1n) is 4.90. The Kier molecular flexibility index (Phi) is 2.79. The van der Waals surface area contributed by atoms with Crippen molar-refractivity contribution in [3.05, 3.63) is 46.2 Å². The SMILES string of the molecule is Cc1ccc(-n2cc(C=O)c(C)n2)cc1Cl. The Hall–Kier alpha value is -1.61. The molecule has 0 radical (unpaired) electrons. The molecule has 2 aromatic rings. The first kappa shape index (κ1) is 10.9. The van der Waals surface area contributed by atoms with Gasteiger partial charge in [0.05, 0.1) is 16.9 Å². The van der Waals surface area contributed by atoms with Crippen LogP contribution in [0, 0.1) is 13.8 Å². The molecule has 0 unspecified atom stereocenters. The summed E-state index contributed by atoms with van der Waals surface area (Å²) in [7, 11) is 0. The molecule has 1 aromatic heterocycles.